The molecule has 0 amide bonds. The Kier molecular flexibility index (Phi) is 4.23. The van der Waals surface area contributed by atoms with Crippen LogP contribution in [0, 0.1) is 13.8 Å². The molecule has 0 fully saturated rings. The van der Waals surface area contributed by atoms with Crippen LogP contribution < -0.4 is 10.5 Å². The molecule has 1 aromatic carbocycles. The molecule has 0 bridgehead atoms. The number of ether oxygens (including phenoxy) is 1. The molecule has 106 valence electrons. The molecule has 0 aliphatic carbocycles. The number of anilines is 1. The molecular weight excluding hydrogens is 250 g/mol. The van der Waals surface area contributed by atoms with E-state index >= 15 is 0 Å². The van der Waals surface area contributed by atoms with E-state index < -0.39 is 0 Å². The van der Waals surface area contributed by atoms with Crippen LogP contribution in [0.15, 0.2) is 24.3 Å². The summed E-state index contributed by atoms with van der Waals surface area (Å²) < 4.78 is 5.84. The van der Waals surface area contributed by atoms with Gasteiger partial charge in [-0.3, -0.25) is 0 Å². The Balaban J connectivity index is 2.16. The van der Waals surface area contributed by atoms with E-state index in [-0.39, 0.29) is 0 Å². The zero-order valence-electron chi connectivity index (χ0n) is 12.5. The lowest BCUT2D eigenvalue weighted by Crippen LogP contribution is -2.06. The molecule has 0 atom stereocenters. The molecule has 4 heteroatoms. The maximum atomic E-state index is 5.84. The lowest BCUT2D eigenvalue weighted by molar-refractivity contribution is 0.293. The smallest absolute Gasteiger partial charge is 0.168 e. The van der Waals surface area contributed by atoms with Crippen LogP contribution in [0.2, 0.25) is 0 Å². The summed E-state index contributed by atoms with van der Waals surface area (Å²) in [5.41, 5.74) is 8.93. The quantitative estimate of drug-likeness (QED) is 0.926. The first kappa shape index (κ1) is 14.3. The van der Waals surface area contributed by atoms with E-state index in [2.05, 4.69) is 42.0 Å². The van der Waals surface area contributed by atoms with Gasteiger partial charge in [0.15, 0.2) is 5.82 Å². The van der Waals surface area contributed by atoms with Gasteiger partial charge in [-0.2, -0.15) is 0 Å². The molecule has 2 rings (SSSR count). The number of nitrogens with two attached hydrogens (primary N) is 1. The second-order valence-corrected chi connectivity index (χ2v) is 5.32. The van der Waals surface area contributed by atoms with Gasteiger partial charge in [-0.1, -0.05) is 26.0 Å². The fourth-order valence-electron chi connectivity index (χ4n) is 1.99. The summed E-state index contributed by atoms with van der Waals surface area (Å²) in [5, 5.41) is 0. The number of nitrogen functional groups attached to an aromatic ring is 1. The third-order valence-electron chi connectivity index (χ3n) is 3.16. The van der Waals surface area contributed by atoms with Gasteiger partial charge in [-0.25, -0.2) is 9.97 Å². The van der Waals surface area contributed by atoms with Gasteiger partial charge in [-0.05, 0) is 37.0 Å². The highest BCUT2D eigenvalue weighted by atomic mass is 16.5. The van der Waals surface area contributed by atoms with Crippen molar-refractivity contribution in [1.82, 2.24) is 9.97 Å². The monoisotopic (exact) mass is 271 g/mol. The molecule has 0 saturated carbocycles. The van der Waals surface area contributed by atoms with Gasteiger partial charge in [-0.15, -0.1) is 0 Å². The summed E-state index contributed by atoms with van der Waals surface area (Å²) in [5.74, 6) is 2.43. The second-order valence-electron chi connectivity index (χ2n) is 5.32. The predicted octanol–water partition coefficient (Wildman–Crippen LogP) is 3.38. The topological polar surface area (TPSA) is 61.0 Å². The number of benzene rings is 1. The summed E-state index contributed by atoms with van der Waals surface area (Å²) in [6, 6.07) is 8.04. The molecule has 2 N–H and O–H groups in total. The fraction of sp³-hybridized carbons (Fsp3) is 0.375. The first-order chi connectivity index (χ1) is 9.45. The highest BCUT2D eigenvalue weighted by Gasteiger charge is 2.07. The lowest BCUT2D eigenvalue weighted by Gasteiger charge is -2.12. The van der Waals surface area contributed by atoms with E-state index in [0.717, 1.165) is 17.0 Å². The molecule has 1 heterocycles. The average Bonchev–Trinajstić information content (AvgIpc) is 2.36. The number of nitrogens with zero attached hydrogens (tertiary/aromatic N) is 2. The number of aromatic nitrogens is 2. The molecule has 0 aliphatic heterocycles. The summed E-state index contributed by atoms with van der Waals surface area (Å²) in [6.45, 7) is 8.59. The van der Waals surface area contributed by atoms with Crippen molar-refractivity contribution in [3.8, 4) is 5.75 Å². The van der Waals surface area contributed by atoms with E-state index in [0.29, 0.717) is 24.2 Å². The molecule has 2 aromatic rings. The fourth-order valence-corrected chi connectivity index (χ4v) is 1.99. The van der Waals surface area contributed by atoms with E-state index in [1.807, 2.05) is 13.8 Å². The van der Waals surface area contributed by atoms with Crippen molar-refractivity contribution in [2.24, 2.45) is 0 Å². The summed E-state index contributed by atoms with van der Waals surface area (Å²) in [7, 11) is 0. The van der Waals surface area contributed by atoms with Crippen molar-refractivity contribution in [2.75, 3.05) is 5.73 Å². The Morgan fingerprint density at radius 3 is 2.55 bits per heavy atom. The number of aryl methyl sites for hydroxylation is 2. The minimum absolute atomic E-state index is 0.328. The van der Waals surface area contributed by atoms with Crippen molar-refractivity contribution in [3.63, 3.8) is 0 Å². The molecule has 0 radical (unpaired) electrons. The van der Waals surface area contributed by atoms with Crippen molar-refractivity contribution in [1.29, 1.82) is 0 Å². The standard InChI is InChI=1S/C16H21N3O/c1-10(2)13-6-5-11(3)14(8-13)20-9-16-18-12(4)7-15(17)19-16/h5-8,10H,9H2,1-4H3,(H2,17,18,19). The molecule has 0 saturated heterocycles. The van der Waals surface area contributed by atoms with Crippen LogP contribution in [0.4, 0.5) is 5.82 Å². The van der Waals surface area contributed by atoms with Gasteiger partial charge in [0.1, 0.15) is 18.2 Å². The maximum absolute atomic E-state index is 5.84. The predicted molar refractivity (Wildman–Crippen MR) is 80.8 cm³/mol. The van der Waals surface area contributed by atoms with Crippen LogP contribution >= 0.6 is 0 Å². The molecule has 0 aliphatic rings. The van der Waals surface area contributed by atoms with Gasteiger partial charge in [0, 0.05) is 11.8 Å². The first-order valence-corrected chi connectivity index (χ1v) is 6.79. The van der Waals surface area contributed by atoms with Crippen molar-refractivity contribution >= 4 is 5.82 Å². The van der Waals surface area contributed by atoms with Gasteiger partial charge >= 0.3 is 0 Å². The molecule has 0 unspecified atom stereocenters. The van der Waals surface area contributed by atoms with Gasteiger partial charge < -0.3 is 10.5 Å². The van der Waals surface area contributed by atoms with E-state index in [1.165, 1.54) is 5.56 Å². The minimum Gasteiger partial charge on any atom is -0.485 e. The molecule has 1 aromatic heterocycles. The number of hydrogen-bond acceptors (Lipinski definition) is 4. The van der Waals surface area contributed by atoms with Crippen molar-refractivity contribution in [3.05, 3.63) is 46.9 Å². The summed E-state index contributed by atoms with van der Waals surface area (Å²) in [6.07, 6.45) is 0. The largest absolute Gasteiger partial charge is 0.485 e. The van der Waals surface area contributed by atoms with E-state index in [9.17, 15) is 0 Å². The average molecular weight is 271 g/mol. The lowest BCUT2D eigenvalue weighted by atomic mass is 10.0. The van der Waals surface area contributed by atoms with Crippen LogP contribution in [0.1, 0.15) is 42.4 Å². The zero-order chi connectivity index (χ0) is 14.7. The summed E-state index contributed by atoms with van der Waals surface area (Å²) >= 11 is 0. The Bertz CT molecular complexity index is 588. The van der Waals surface area contributed by atoms with Gasteiger partial charge in [0.05, 0.1) is 0 Å². The third kappa shape index (κ3) is 3.47. The molecule has 4 nitrogen and oxygen atoms in total. The van der Waals surface area contributed by atoms with Gasteiger partial charge in [0.2, 0.25) is 0 Å². The van der Waals surface area contributed by atoms with E-state index in [4.69, 9.17) is 10.5 Å². The van der Waals surface area contributed by atoms with E-state index in [1.54, 1.807) is 6.07 Å². The van der Waals surface area contributed by atoms with Crippen molar-refractivity contribution < 1.29 is 4.74 Å². The van der Waals surface area contributed by atoms with Crippen molar-refractivity contribution in [2.45, 2.75) is 40.2 Å². The van der Waals surface area contributed by atoms with Crippen LogP contribution in [0.3, 0.4) is 0 Å². The Labute approximate surface area is 120 Å². The van der Waals surface area contributed by atoms with Crippen LogP contribution in [0.25, 0.3) is 0 Å². The normalized spacial score (nSPS) is 10.8. The maximum Gasteiger partial charge on any atom is 0.168 e. The number of rotatable bonds is 4. The molecule has 20 heavy (non-hydrogen) atoms. The van der Waals surface area contributed by atoms with Crippen LogP contribution in [-0.2, 0) is 6.61 Å². The highest BCUT2D eigenvalue weighted by Crippen LogP contribution is 2.24. The Morgan fingerprint density at radius 1 is 1.15 bits per heavy atom. The number of hydrogen-bond donors (Lipinski definition) is 1. The Morgan fingerprint density at radius 2 is 1.90 bits per heavy atom. The third-order valence-corrected chi connectivity index (χ3v) is 3.16. The second kappa shape index (κ2) is 5.90. The Hall–Kier alpha value is -2.10. The molecule has 0 spiro atoms. The van der Waals surface area contributed by atoms with Gasteiger partial charge in [0.25, 0.3) is 0 Å². The molecular formula is C16H21N3O. The summed E-state index contributed by atoms with van der Waals surface area (Å²) in [4.78, 5) is 8.50. The minimum atomic E-state index is 0.328. The van der Waals surface area contributed by atoms with Crippen LogP contribution in [0.5, 0.6) is 5.75 Å². The first-order valence-electron chi connectivity index (χ1n) is 6.79. The highest BCUT2D eigenvalue weighted by molar-refractivity contribution is 5.38. The van der Waals surface area contributed by atoms with Crippen LogP contribution in [-0.4, -0.2) is 9.97 Å². The zero-order valence-corrected chi connectivity index (χ0v) is 12.5. The SMILES string of the molecule is Cc1cc(N)nc(COc2cc(C(C)C)ccc2C)n1.